The van der Waals surface area contributed by atoms with Gasteiger partial charge in [-0.15, -0.1) is 0 Å². The fraction of sp³-hybridized carbons (Fsp3) is 0.333. The molecule has 1 atom stereocenters. The molecule has 1 aromatic carbocycles. The lowest BCUT2D eigenvalue weighted by atomic mass is 9.94. The Hall–Kier alpha value is -2.02. The number of nitrogens with zero attached hydrogens (tertiary/aromatic N) is 1. The van der Waals surface area contributed by atoms with Crippen molar-refractivity contribution >= 4 is 23.3 Å². The van der Waals surface area contributed by atoms with Crippen LogP contribution in [0.4, 0.5) is 8.78 Å². The standard InChI is InChI=1S/C15H16F2N2O2S/c1-4-21-14(20)11-8(2)19(3)15(22)18-13(11)12-9(16)6-5-7-10(12)17/h5-7,13H,4H2,1-3H3,(H,18,22)/t13-/m0/s1. The summed E-state index contributed by atoms with van der Waals surface area (Å²) in [7, 11) is 1.66. The first-order valence-corrected chi connectivity index (χ1v) is 7.15. The predicted molar refractivity (Wildman–Crippen MR) is 81.9 cm³/mol. The third-order valence-electron chi connectivity index (χ3n) is 3.54. The number of halogens is 2. The Morgan fingerprint density at radius 3 is 2.55 bits per heavy atom. The molecule has 0 radical (unpaired) electrons. The molecule has 0 saturated carbocycles. The minimum Gasteiger partial charge on any atom is -0.463 e. The summed E-state index contributed by atoms with van der Waals surface area (Å²) in [6.45, 7) is 3.48. The zero-order valence-corrected chi connectivity index (χ0v) is 13.3. The summed E-state index contributed by atoms with van der Waals surface area (Å²) in [4.78, 5) is 13.8. The molecule has 1 N–H and O–H groups in total. The lowest BCUT2D eigenvalue weighted by Gasteiger charge is -2.35. The van der Waals surface area contributed by atoms with Crippen LogP contribution in [0, 0.1) is 11.6 Å². The number of esters is 1. The number of benzene rings is 1. The Bertz CT molecular complexity index is 641. The molecule has 1 aromatic rings. The van der Waals surface area contributed by atoms with Crippen LogP contribution < -0.4 is 5.32 Å². The Labute approximate surface area is 132 Å². The molecule has 1 aliphatic rings. The van der Waals surface area contributed by atoms with Crippen molar-refractivity contribution in [3.05, 3.63) is 46.7 Å². The van der Waals surface area contributed by atoms with E-state index in [-0.39, 0.29) is 22.9 Å². The molecule has 0 aromatic heterocycles. The molecule has 2 rings (SSSR count). The molecule has 118 valence electrons. The first-order valence-electron chi connectivity index (χ1n) is 6.74. The summed E-state index contributed by atoms with van der Waals surface area (Å²) in [5.41, 5.74) is 0.386. The van der Waals surface area contributed by atoms with E-state index in [1.54, 1.807) is 25.8 Å². The van der Waals surface area contributed by atoms with Crippen LogP contribution >= 0.6 is 12.2 Å². The highest BCUT2D eigenvalue weighted by atomic mass is 32.1. The van der Waals surface area contributed by atoms with Crippen molar-refractivity contribution in [3.8, 4) is 0 Å². The molecule has 7 heteroatoms. The van der Waals surface area contributed by atoms with E-state index in [1.165, 1.54) is 6.07 Å². The van der Waals surface area contributed by atoms with Gasteiger partial charge in [0, 0.05) is 12.7 Å². The third-order valence-corrected chi connectivity index (χ3v) is 3.93. The highest BCUT2D eigenvalue weighted by Gasteiger charge is 2.36. The monoisotopic (exact) mass is 326 g/mol. The normalized spacial score (nSPS) is 18.3. The number of rotatable bonds is 3. The first-order chi connectivity index (χ1) is 10.4. The maximum atomic E-state index is 14.1. The van der Waals surface area contributed by atoms with Crippen molar-refractivity contribution in [2.24, 2.45) is 0 Å². The van der Waals surface area contributed by atoms with Crippen LogP contribution in [0.5, 0.6) is 0 Å². The Balaban J connectivity index is 2.61. The number of allylic oxidation sites excluding steroid dienone is 1. The van der Waals surface area contributed by atoms with Gasteiger partial charge in [-0.3, -0.25) is 0 Å². The Morgan fingerprint density at radius 1 is 1.41 bits per heavy atom. The van der Waals surface area contributed by atoms with E-state index < -0.39 is 23.6 Å². The maximum Gasteiger partial charge on any atom is 0.338 e. The molecular formula is C15H16F2N2O2S. The second kappa shape index (κ2) is 6.39. The predicted octanol–water partition coefficient (Wildman–Crippen LogP) is 2.66. The van der Waals surface area contributed by atoms with E-state index in [4.69, 9.17) is 17.0 Å². The van der Waals surface area contributed by atoms with Crippen LogP contribution in [0.3, 0.4) is 0 Å². The van der Waals surface area contributed by atoms with Gasteiger partial charge in [-0.25, -0.2) is 13.6 Å². The second-order valence-electron chi connectivity index (χ2n) is 4.80. The molecule has 0 fully saturated rings. The van der Waals surface area contributed by atoms with Gasteiger partial charge in [0.15, 0.2) is 5.11 Å². The Kier molecular flexibility index (Phi) is 4.75. The average molecular weight is 326 g/mol. The minimum atomic E-state index is -1.02. The molecule has 0 unspecified atom stereocenters. The zero-order chi connectivity index (χ0) is 16.4. The number of hydrogen-bond donors (Lipinski definition) is 1. The topological polar surface area (TPSA) is 41.6 Å². The molecule has 0 spiro atoms. The molecule has 0 bridgehead atoms. The van der Waals surface area contributed by atoms with Crippen molar-refractivity contribution in [2.45, 2.75) is 19.9 Å². The van der Waals surface area contributed by atoms with Gasteiger partial charge in [0.05, 0.1) is 23.8 Å². The van der Waals surface area contributed by atoms with E-state index in [0.717, 1.165) is 12.1 Å². The fourth-order valence-electron chi connectivity index (χ4n) is 2.31. The van der Waals surface area contributed by atoms with E-state index in [0.29, 0.717) is 5.70 Å². The van der Waals surface area contributed by atoms with Crippen molar-refractivity contribution in [1.82, 2.24) is 10.2 Å². The van der Waals surface area contributed by atoms with E-state index in [2.05, 4.69) is 5.32 Å². The second-order valence-corrected chi connectivity index (χ2v) is 5.18. The van der Waals surface area contributed by atoms with Gasteiger partial charge < -0.3 is 15.0 Å². The van der Waals surface area contributed by atoms with Crippen LogP contribution in [0.2, 0.25) is 0 Å². The van der Waals surface area contributed by atoms with Gasteiger partial charge in [0.2, 0.25) is 0 Å². The van der Waals surface area contributed by atoms with E-state index >= 15 is 0 Å². The molecule has 4 nitrogen and oxygen atoms in total. The summed E-state index contributed by atoms with van der Waals surface area (Å²) in [5, 5.41) is 3.08. The molecule has 1 aliphatic heterocycles. The van der Waals surface area contributed by atoms with Crippen LogP contribution in [-0.2, 0) is 9.53 Å². The number of ether oxygens (including phenoxy) is 1. The lowest BCUT2D eigenvalue weighted by molar-refractivity contribution is -0.139. The summed E-state index contributed by atoms with van der Waals surface area (Å²) in [6.07, 6.45) is 0. The van der Waals surface area contributed by atoms with Gasteiger partial charge in [0.25, 0.3) is 0 Å². The highest BCUT2D eigenvalue weighted by molar-refractivity contribution is 7.80. The maximum absolute atomic E-state index is 14.1. The van der Waals surface area contributed by atoms with Crippen LogP contribution in [-0.4, -0.2) is 29.6 Å². The van der Waals surface area contributed by atoms with E-state index in [9.17, 15) is 13.6 Å². The van der Waals surface area contributed by atoms with Gasteiger partial charge in [-0.05, 0) is 38.2 Å². The van der Waals surface area contributed by atoms with Crippen LogP contribution in [0.15, 0.2) is 29.5 Å². The van der Waals surface area contributed by atoms with Crippen molar-refractivity contribution in [1.29, 1.82) is 0 Å². The number of hydrogen-bond acceptors (Lipinski definition) is 3. The fourth-order valence-corrected chi connectivity index (χ4v) is 2.57. The minimum absolute atomic E-state index is 0.141. The number of nitrogens with one attached hydrogen (secondary N) is 1. The molecule has 22 heavy (non-hydrogen) atoms. The van der Waals surface area contributed by atoms with Crippen LogP contribution in [0.1, 0.15) is 25.5 Å². The average Bonchev–Trinajstić information content (AvgIpc) is 2.45. The van der Waals surface area contributed by atoms with Gasteiger partial charge in [-0.2, -0.15) is 0 Å². The quantitative estimate of drug-likeness (QED) is 0.683. The Morgan fingerprint density at radius 2 is 2.00 bits per heavy atom. The molecule has 0 saturated heterocycles. The summed E-state index contributed by atoms with van der Waals surface area (Å²) >= 11 is 5.16. The smallest absolute Gasteiger partial charge is 0.338 e. The van der Waals surface area contributed by atoms with Crippen molar-refractivity contribution in [3.63, 3.8) is 0 Å². The molecule has 0 aliphatic carbocycles. The number of thiocarbonyl (C=S) groups is 1. The molecule has 1 heterocycles. The summed E-state index contributed by atoms with van der Waals surface area (Å²) in [6, 6.07) is 2.52. The zero-order valence-electron chi connectivity index (χ0n) is 12.4. The number of carbonyl (C=O) groups is 1. The summed E-state index contributed by atoms with van der Waals surface area (Å²) < 4.78 is 33.2. The van der Waals surface area contributed by atoms with Gasteiger partial charge in [0.1, 0.15) is 11.6 Å². The number of carbonyl (C=O) groups excluding carboxylic acids is 1. The molecule has 0 amide bonds. The van der Waals surface area contributed by atoms with Crippen LogP contribution in [0.25, 0.3) is 0 Å². The lowest BCUT2D eigenvalue weighted by Crippen LogP contribution is -2.46. The van der Waals surface area contributed by atoms with E-state index in [1.807, 2.05) is 0 Å². The first kappa shape index (κ1) is 16.4. The van der Waals surface area contributed by atoms with Gasteiger partial charge >= 0.3 is 5.97 Å². The largest absolute Gasteiger partial charge is 0.463 e. The third kappa shape index (κ3) is 2.81. The highest BCUT2D eigenvalue weighted by Crippen LogP contribution is 2.33. The van der Waals surface area contributed by atoms with Crippen molar-refractivity contribution in [2.75, 3.05) is 13.7 Å². The molecular weight excluding hydrogens is 310 g/mol. The SMILES string of the molecule is CCOC(=O)C1=C(C)N(C)C(=S)N[C@@H]1c1c(F)cccc1F. The van der Waals surface area contributed by atoms with Gasteiger partial charge in [-0.1, -0.05) is 6.07 Å². The summed E-state index contributed by atoms with van der Waals surface area (Å²) in [5.74, 6) is -2.13. The van der Waals surface area contributed by atoms with Crippen molar-refractivity contribution < 1.29 is 18.3 Å².